The minimum absolute atomic E-state index is 0.167. The number of benzene rings is 1. The molecule has 0 amide bonds. The van der Waals surface area contributed by atoms with E-state index < -0.39 is 10.6 Å². The van der Waals surface area contributed by atoms with Crippen LogP contribution in [-0.4, -0.2) is 20.6 Å². The van der Waals surface area contributed by atoms with E-state index in [4.69, 9.17) is 5.73 Å². The molecule has 1 aliphatic carbocycles. The van der Waals surface area contributed by atoms with E-state index in [9.17, 15) is 13.5 Å². The number of hydrogen-bond donors (Lipinski definition) is 3. The molecule has 2 fully saturated rings. The molecule has 0 aromatic heterocycles. The summed E-state index contributed by atoms with van der Waals surface area (Å²) in [5.41, 5.74) is 6.60. The van der Waals surface area contributed by atoms with Gasteiger partial charge in [-0.15, -0.1) is 0 Å². The monoisotopic (exact) mass is 243 g/mol. The van der Waals surface area contributed by atoms with Gasteiger partial charge < -0.3 is 5.73 Å². The summed E-state index contributed by atoms with van der Waals surface area (Å²) < 4.78 is 32.6. The molecule has 4 N–H and O–H groups in total. The molecule has 1 saturated carbocycles. The standard InChI is InChI=1S/C11H14FNO2S/c12-10-3-6(13)1-2-7(10)11-8-4-16(14,15)5-9(8)11/h1-3,8-9,11,14-15H,4-5,13H2/t8-,9+,11?. The first-order chi connectivity index (χ1) is 7.48. The lowest BCUT2D eigenvalue weighted by molar-refractivity contribution is 0.487. The highest BCUT2D eigenvalue weighted by Gasteiger charge is 2.59. The third-order valence-electron chi connectivity index (χ3n) is 3.63. The lowest BCUT2D eigenvalue weighted by Crippen LogP contribution is -2.07. The Balaban J connectivity index is 1.83. The SMILES string of the molecule is Nc1ccc(C2[C@H]3CS(O)(O)C[C@@H]23)c(F)c1. The number of rotatable bonds is 1. The van der Waals surface area contributed by atoms with Crippen LogP contribution in [0, 0.1) is 17.7 Å². The van der Waals surface area contributed by atoms with Crippen molar-refractivity contribution in [2.45, 2.75) is 5.92 Å². The van der Waals surface area contributed by atoms with Gasteiger partial charge in [0.25, 0.3) is 0 Å². The van der Waals surface area contributed by atoms with Crippen molar-refractivity contribution in [2.24, 2.45) is 11.8 Å². The number of halogens is 1. The van der Waals surface area contributed by atoms with E-state index in [0.29, 0.717) is 22.8 Å². The third kappa shape index (κ3) is 1.50. The summed E-state index contributed by atoms with van der Waals surface area (Å²) in [6.07, 6.45) is 0. The molecular formula is C11H14FNO2S. The van der Waals surface area contributed by atoms with Crippen molar-refractivity contribution >= 4 is 16.3 Å². The Bertz CT molecular complexity index is 438. The molecule has 1 aromatic carbocycles. The van der Waals surface area contributed by atoms with E-state index >= 15 is 0 Å². The fraction of sp³-hybridized carbons (Fsp3) is 0.455. The fourth-order valence-corrected chi connectivity index (χ4v) is 5.14. The van der Waals surface area contributed by atoms with Crippen LogP contribution in [0.15, 0.2) is 18.2 Å². The van der Waals surface area contributed by atoms with Crippen molar-refractivity contribution < 1.29 is 13.5 Å². The fourth-order valence-electron chi connectivity index (χ4n) is 2.86. The van der Waals surface area contributed by atoms with E-state index in [-0.39, 0.29) is 23.6 Å². The van der Waals surface area contributed by atoms with Crippen LogP contribution in [0.4, 0.5) is 10.1 Å². The molecule has 2 aliphatic rings. The first-order valence-corrected chi connectivity index (χ1v) is 7.15. The summed E-state index contributed by atoms with van der Waals surface area (Å²) in [7, 11) is -2.35. The van der Waals surface area contributed by atoms with Gasteiger partial charge in [0.05, 0.1) is 0 Å². The summed E-state index contributed by atoms with van der Waals surface area (Å²) in [5.74, 6) is 1.28. The molecule has 3 rings (SSSR count). The first kappa shape index (κ1) is 10.4. The number of nitrogens with two attached hydrogens (primary N) is 1. The van der Waals surface area contributed by atoms with Crippen molar-refractivity contribution in [1.82, 2.24) is 0 Å². The van der Waals surface area contributed by atoms with Gasteiger partial charge in [-0.3, -0.25) is 9.11 Å². The maximum atomic E-state index is 13.6. The minimum atomic E-state index is -2.35. The van der Waals surface area contributed by atoms with Gasteiger partial charge in [0.1, 0.15) is 5.82 Å². The van der Waals surface area contributed by atoms with Crippen molar-refractivity contribution in [1.29, 1.82) is 0 Å². The van der Waals surface area contributed by atoms with Crippen LogP contribution in [0.5, 0.6) is 0 Å². The maximum Gasteiger partial charge on any atom is 0.128 e. The molecule has 1 unspecified atom stereocenters. The Hall–Kier alpha value is -0.780. The van der Waals surface area contributed by atoms with Gasteiger partial charge in [-0.2, -0.15) is 10.6 Å². The molecule has 1 heterocycles. The molecule has 0 spiro atoms. The average molecular weight is 243 g/mol. The van der Waals surface area contributed by atoms with Gasteiger partial charge in [-0.25, -0.2) is 4.39 Å². The van der Waals surface area contributed by atoms with Gasteiger partial charge in [-0.05, 0) is 35.4 Å². The van der Waals surface area contributed by atoms with Gasteiger partial charge in [0.15, 0.2) is 0 Å². The smallest absolute Gasteiger partial charge is 0.128 e. The molecule has 3 atom stereocenters. The highest BCUT2D eigenvalue weighted by Crippen LogP contribution is 2.69. The lowest BCUT2D eigenvalue weighted by Gasteiger charge is -2.29. The van der Waals surface area contributed by atoms with Crippen LogP contribution in [0.25, 0.3) is 0 Å². The summed E-state index contributed by atoms with van der Waals surface area (Å²) in [5, 5.41) is 0. The largest absolute Gasteiger partial charge is 0.399 e. The average Bonchev–Trinajstić information content (AvgIpc) is 2.68. The number of hydrogen-bond acceptors (Lipinski definition) is 3. The van der Waals surface area contributed by atoms with Crippen LogP contribution in [-0.2, 0) is 0 Å². The second kappa shape index (κ2) is 3.12. The molecule has 5 heteroatoms. The van der Waals surface area contributed by atoms with E-state index in [1.54, 1.807) is 12.1 Å². The topological polar surface area (TPSA) is 66.5 Å². The zero-order chi connectivity index (χ0) is 11.5. The highest BCUT2D eigenvalue weighted by molar-refractivity contribution is 8.24. The quantitative estimate of drug-likeness (QED) is 0.664. The van der Waals surface area contributed by atoms with Gasteiger partial charge >= 0.3 is 0 Å². The Morgan fingerprint density at radius 2 is 1.88 bits per heavy atom. The molecule has 1 saturated heterocycles. The van der Waals surface area contributed by atoms with E-state index in [2.05, 4.69) is 0 Å². The Kier molecular flexibility index (Phi) is 2.02. The zero-order valence-electron chi connectivity index (χ0n) is 8.64. The summed E-state index contributed by atoms with van der Waals surface area (Å²) in [6.45, 7) is 0. The van der Waals surface area contributed by atoms with Crippen molar-refractivity contribution in [3.05, 3.63) is 29.6 Å². The summed E-state index contributed by atoms with van der Waals surface area (Å²) >= 11 is 0. The maximum absolute atomic E-state index is 13.6. The third-order valence-corrected chi connectivity index (χ3v) is 5.47. The van der Waals surface area contributed by atoms with Gasteiger partial charge in [0.2, 0.25) is 0 Å². The second-order valence-corrected chi connectivity index (χ2v) is 7.04. The first-order valence-electron chi connectivity index (χ1n) is 5.26. The van der Waals surface area contributed by atoms with Crippen molar-refractivity contribution in [3.8, 4) is 0 Å². The second-order valence-electron chi connectivity index (χ2n) is 4.77. The van der Waals surface area contributed by atoms with Crippen molar-refractivity contribution in [2.75, 3.05) is 17.2 Å². The number of anilines is 1. The van der Waals surface area contributed by atoms with E-state index in [1.807, 2.05) is 0 Å². The minimum Gasteiger partial charge on any atom is -0.399 e. The molecule has 0 bridgehead atoms. The van der Waals surface area contributed by atoms with E-state index in [0.717, 1.165) is 0 Å². The number of nitrogen functional groups attached to an aromatic ring is 1. The predicted octanol–water partition coefficient (Wildman–Crippen LogP) is 2.50. The van der Waals surface area contributed by atoms with Crippen LogP contribution in [0.1, 0.15) is 11.5 Å². The Morgan fingerprint density at radius 3 is 2.44 bits per heavy atom. The lowest BCUT2D eigenvalue weighted by atomic mass is 10.1. The summed E-state index contributed by atoms with van der Waals surface area (Å²) in [4.78, 5) is 0. The Morgan fingerprint density at radius 1 is 1.25 bits per heavy atom. The normalized spacial score (nSPS) is 36.8. The van der Waals surface area contributed by atoms with E-state index in [1.165, 1.54) is 6.07 Å². The van der Waals surface area contributed by atoms with Crippen LogP contribution in [0.3, 0.4) is 0 Å². The summed E-state index contributed by atoms with van der Waals surface area (Å²) in [6, 6.07) is 4.76. The molecule has 1 aromatic rings. The molecule has 3 nitrogen and oxygen atoms in total. The van der Waals surface area contributed by atoms with Gasteiger partial charge in [0, 0.05) is 17.2 Å². The van der Waals surface area contributed by atoms with Crippen LogP contribution >= 0.6 is 10.6 Å². The zero-order valence-corrected chi connectivity index (χ0v) is 9.45. The van der Waals surface area contributed by atoms with Crippen LogP contribution < -0.4 is 5.73 Å². The predicted molar refractivity (Wildman–Crippen MR) is 63.1 cm³/mol. The highest BCUT2D eigenvalue weighted by atomic mass is 32.3. The molecule has 0 radical (unpaired) electrons. The van der Waals surface area contributed by atoms with Crippen molar-refractivity contribution in [3.63, 3.8) is 0 Å². The molecule has 16 heavy (non-hydrogen) atoms. The Labute approximate surface area is 94.8 Å². The molecular weight excluding hydrogens is 229 g/mol. The van der Waals surface area contributed by atoms with Gasteiger partial charge in [-0.1, -0.05) is 6.07 Å². The molecule has 88 valence electrons. The van der Waals surface area contributed by atoms with Crippen LogP contribution in [0.2, 0.25) is 0 Å². The molecule has 1 aliphatic heterocycles. The number of fused-ring (bicyclic) bond motifs is 1.